The molecule has 0 aliphatic carbocycles. The molecule has 0 bridgehead atoms. The molecule has 1 aliphatic rings. The highest BCUT2D eigenvalue weighted by atomic mass is 16.5. The molecular formula is C17H27NO2. The molecule has 0 aromatic carbocycles. The first-order valence-electron chi connectivity index (χ1n) is 7.30. The highest BCUT2D eigenvalue weighted by Crippen LogP contribution is 2.37. The molecule has 112 valence electrons. The van der Waals surface area contributed by atoms with Gasteiger partial charge in [0, 0.05) is 13.1 Å². The minimum Gasteiger partial charge on any atom is -0.466 e. The highest BCUT2D eigenvalue weighted by Gasteiger charge is 2.43. The molecule has 2 unspecified atom stereocenters. The molecule has 1 rings (SSSR count). The molecule has 0 amide bonds. The van der Waals surface area contributed by atoms with Crippen molar-refractivity contribution in [2.75, 3.05) is 26.2 Å². The number of piperidine rings is 1. The van der Waals surface area contributed by atoms with E-state index in [4.69, 9.17) is 4.74 Å². The Labute approximate surface area is 123 Å². The lowest BCUT2D eigenvalue weighted by Gasteiger charge is -2.42. The van der Waals surface area contributed by atoms with Gasteiger partial charge in [-0.2, -0.15) is 0 Å². The summed E-state index contributed by atoms with van der Waals surface area (Å²) in [4.78, 5) is 14.5. The van der Waals surface area contributed by atoms with Gasteiger partial charge in [0.2, 0.25) is 0 Å². The summed E-state index contributed by atoms with van der Waals surface area (Å²) < 4.78 is 5.23. The van der Waals surface area contributed by atoms with E-state index >= 15 is 0 Å². The summed E-state index contributed by atoms with van der Waals surface area (Å²) in [5.41, 5.74) is 0.710. The number of nitrogens with zero attached hydrogens (tertiary/aromatic N) is 1. The van der Waals surface area contributed by atoms with Crippen molar-refractivity contribution in [1.29, 1.82) is 0 Å². The summed E-state index contributed by atoms with van der Waals surface area (Å²) in [6.07, 6.45) is 6.47. The predicted octanol–water partition coefficient (Wildman–Crippen LogP) is 3.20. The fourth-order valence-electron chi connectivity index (χ4n) is 2.60. The van der Waals surface area contributed by atoms with Gasteiger partial charge in [0.05, 0.1) is 12.0 Å². The Morgan fingerprint density at radius 2 is 2.25 bits per heavy atom. The maximum absolute atomic E-state index is 12.1. The summed E-state index contributed by atoms with van der Waals surface area (Å²) in [5, 5.41) is 0. The summed E-state index contributed by atoms with van der Waals surface area (Å²) in [6.45, 7) is 16.8. The van der Waals surface area contributed by atoms with E-state index < -0.39 is 0 Å². The van der Waals surface area contributed by atoms with E-state index in [2.05, 4.69) is 25.0 Å². The van der Waals surface area contributed by atoms with E-state index in [1.807, 2.05) is 26.0 Å². The third-order valence-corrected chi connectivity index (χ3v) is 4.20. The Bertz CT molecular complexity index is 400. The topological polar surface area (TPSA) is 29.5 Å². The SMILES string of the molecule is C=C/C=C\C(=C)CN1CCC(C)(C(=O)OCC)C(C)C1. The van der Waals surface area contributed by atoms with Gasteiger partial charge >= 0.3 is 5.97 Å². The van der Waals surface area contributed by atoms with Gasteiger partial charge in [0.25, 0.3) is 0 Å². The normalized spacial score (nSPS) is 27.4. The van der Waals surface area contributed by atoms with E-state index in [1.54, 1.807) is 6.08 Å². The number of hydrogen-bond donors (Lipinski definition) is 0. The Kier molecular flexibility index (Phi) is 6.21. The number of likely N-dealkylation sites (tertiary alicyclic amines) is 1. The van der Waals surface area contributed by atoms with E-state index in [-0.39, 0.29) is 17.3 Å². The van der Waals surface area contributed by atoms with Crippen LogP contribution < -0.4 is 0 Å². The van der Waals surface area contributed by atoms with Crippen molar-refractivity contribution < 1.29 is 9.53 Å². The molecule has 20 heavy (non-hydrogen) atoms. The number of carbonyl (C=O) groups is 1. The number of esters is 1. The van der Waals surface area contributed by atoms with Crippen molar-refractivity contribution in [1.82, 2.24) is 4.90 Å². The molecular weight excluding hydrogens is 250 g/mol. The van der Waals surface area contributed by atoms with Crippen LogP contribution in [0, 0.1) is 11.3 Å². The summed E-state index contributed by atoms with van der Waals surface area (Å²) in [6, 6.07) is 0. The molecule has 0 spiro atoms. The molecule has 1 saturated heterocycles. The molecule has 0 N–H and O–H groups in total. The van der Waals surface area contributed by atoms with E-state index in [9.17, 15) is 4.79 Å². The Morgan fingerprint density at radius 3 is 2.80 bits per heavy atom. The van der Waals surface area contributed by atoms with Crippen LogP contribution in [0.25, 0.3) is 0 Å². The van der Waals surface area contributed by atoms with Crippen LogP contribution in [0.4, 0.5) is 0 Å². The number of allylic oxidation sites excluding steroid dienone is 2. The average Bonchev–Trinajstić information content (AvgIpc) is 2.41. The van der Waals surface area contributed by atoms with Crippen molar-refractivity contribution in [2.45, 2.75) is 27.2 Å². The largest absolute Gasteiger partial charge is 0.466 e. The third-order valence-electron chi connectivity index (χ3n) is 4.20. The van der Waals surface area contributed by atoms with Crippen LogP contribution in [0.15, 0.2) is 37.0 Å². The van der Waals surface area contributed by atoms with Crippen LogP contribution in [0.1, 0.15) is 27.2 Å². The maximum atomic E-state index is 12.1. The van der Waals surface area contributed by atoms with Gasteiger partial charge in [0.1, 0.15) is 0 Å². The van der Waals surface area contributed by atoms with Gasteiger partial charge in [-0.25, -0.2) is 0 Å². The van der Waals surface area contributed by atoms with Crippen molar-refractivity contribution in [3.05, 3.63) is 37.0 Å². The summed E-state index contributed by atoms with van der Waals surface area (Å²) >= 11 is 0. The van der Waals surface area contributed by atoms with E-state index in [1.165, 1.54) is 0 Å². The average molecular weight is 277 g/mol. The lowest BCUT2D eigenvalue weighted by molar-refractivity contribution is -0.161. The van der Waals surface area contributed by atoms with Crippen LogP contribution in [-0.4, -0.2) is 37.1 Å². The minimum atomic E-state index is -0.356. The number of carbonyl (C=O) groups excluding carboxylic acids is 1. The van der Waals surface area contributed by atoms with Crippen molar-refractivity contribution >= 4 is 5.97 Å². The fourth-order valence-corrected chi connectivity index (χ4v) is 2.60. The minimum absolute atomic E-state index is 0.0578. The molecule has 0 aromatic rings. The van der Waals surface area contributed by atoms with Gasteiger partial charge in [-0.05, 0) is 38.3 Å². The quantitative estimate of drug-likeness (QED) is 0.551. The smallest absolute Gasteiger partial charge is 0.312 e. The van der Waals surface area contributed by atoms with Gasteiger partial charge in [-0.3, -0.25) is 9.69 Å². The molecule has 3 nitrogen and oxygen atoms in total. The lowest BCUT2D eigenvalue weighted by atomic mass is 9.72. The van der Waals surface area contributed by atoms with Crippen LogP contribution in [-0.2, 0) is 9.53 Å². The second-order valence-electron chi connectivity index (χ2n) is 5.78. The summed E-state index contributed by atoms with van der Waals surface area (Å²) in [7, 11) is 0. The van der Waals surface area contributed by atoms with Crippen molar-refractivity contribution in [3.8, 4) is 0 Å². The van der Waals surface area contributed by atoms with Gasteiger partial charge in [-0.1, -0.05) is 38.3 Å². The molecule has 0 saturated carbocycles. The number of rotatable bonds is 6. The fraction of sp³-hybridized carbons (Fsp3) is 0.588. The zero-order chi connectivity index (χ0) is 15.2. The zero-order valence-corrected chi connectivity index (χ0v) is 13.0. The molecule has 1 heterocycles. The van der Waals surface area contributed by atoms with Crippen LogP contribution in [0.3, 0.4) is 0 Å². The van der Waals surface area contributed by atoms with Crippen molar-refractivity contribution in [3.63, 3.8) is 0 Å². The highest BCUT2D eigenvalue weighted by molar-refractivity contribution is 5.77. The third kappa shape index (κ3) is 4.07. The first kappa shape index (κ1) is 16.7. The molecule has 2 atom stereocenters. The molecule has 3 heteroatoms. The van der Waals surface area contributed by atoms with E-state index in [0.717, 1.165) is 31.6 Å². The Balaban J connectivity index is 2.58. The number of hydrogen-bond acceptors (Lipinski definition) is 3. The molecule has 0 aromatic heterocycles. The van der Waals surface area contributed by atoms with Crippen LogP contribution >= 0.6 is 0 Å². The van der Waals surface area contributed by atoms with Gasteiger partial charge in [-0.15, -0.1) is 0 Å². The standard InChI is InChI=1S/C17H27NO2/c1-6-8-9-14(3)12-18-11-10-17(5,15(4)13-18)16(19)20-7-2/h6,8-9,15H,1,3,7,10-13H2,2,4-5H3/b9-8-. The first-order valence-corrected chi connectivity index (χ1v) is 7.30. The van der Waals surface area contributed by atoms with Crippen LogP contribution in [0.5, 0.6) is 0 Å². The maximum Gasteiger partial charge on any atom is 0.312 e. The Hall–Kier alpha value is -1.35. The van der Waals surface area contributed by atoms with Crippen LogP contribution in [0.2, 0.25) is 0 Å². The van der Waals surface area contributed by atoms with E-state index in [0.29, 0.717) is 6.61 Å². The summed E-state index contributed by atoms with van der Waals surface area (Å²) in [5.74, 6) is 0.226. The first-order chi connectivity index (χ1) is 9.43. The second kappa shape index (κ2) is 7.44. The zero-order valence-electron chi connectivity index (χ0n) is 13.0. The predicted molar refractivity (Wildman–Crippen MR) is 83.4 cm³/mol. The lowest BCUT2D eigenvalue weighted by Crippen LogP contribution is -2.49. The monoisotopic (exact) mass is 277 g/mol. The van der Waals surface area contributed by atoms with Gasteiger partial charge < -0.3 is 4.74 Å². The Morgan fingerprint density at radius 1 is 1.55 bits per heavy atom. The van der Waals surface area contributed by atoms with Gasteiger partial charge in [0.15, 0.2) is 0 Å². The number of ether oxygens (including phenoxy) is 1. The molecule has 1 aliphatic heterocycles. The molecule has 0 radical (unpaired) electrons. The molecule has 1 fully saturated rings. The second-order valence-corrected chi connectivity index (χ2v) is 5.78. The van der Waals surface area contributed by atoms with Crippen molar-refractivity contribution in [2.24, 2.45) is 11.3 Å².